The lowest BCUT2D eigenvalue weighted by Gasteiger charge is -2.05. The number of anilines is 1. The highest BCUT2D eigenvalue weighted by Crippen LogP contribution is 2.36. The molecule has 0 aliphatic rings. The molecule has 0 fully saturated rings. The predicted molar refractivity (Wildman–Crippen MR) is 83.5 cm³/mol. The average Bonchev–Trinajstić information content (AvgIpc) is 2.76. The second kappa shape index (κ2) is 5.22. The molecule has 0 amide bonds. The Kier molecular flexibility index (Phi) is 3.39. The van der Waals surface area contributed by atoms with Crippen LogP contribution in [0.4, 0.5) is 10.2 Å². The fraction of sp³-hybridized carbons (Fsp3) is 0.0625. The summed E-state index contributed by atoms with van der Waals surface area (Å²) in [5, 5.41) is 5.07. The first kappa shape index (κ1) is 13.6. The SMILES string of the molecule is Cn1nc(-c2ccc(F)cc2)c(-c2cccc(Cl)c2)c1N. The van der Waals surface area contributed by atoms with Crippen LogP contribution in [0, 0.1) is 5.82 Å². The minimum atomic E-state index is -0.285. The van der Waals surface area contributed by atoms with Gasteiger partial charge in [-0.3, -0.25) is 4.68 Å². The Bertz CT molecular complexity index is 794. The third-order valence-electron chi connectivity index (χ3n) is 3.32. The molecule has 3 nitrogen and oxygen atoms in total. The number of aromatic nitrogens is 2. The molecular formula is C16H13ClFN3. The van der Waals surface area contributed by atoms with Gasteiger partial charge < -0.3 is 5.73 Å². The molecule has 3 rings (SSSR count). The first-order chi connectivity index (χ1) is 10.1. The van der Waals surface area contributed by atoms with Crippen molar-refractivity contribution in [1.82, 2.24) is 9.78 Å². The minimum absolute atomic E-state index is 0.285. The molecule has 0 spiro atoms. The van der Waals surface area contributed by atoms with Gasteiger partial charge in [-0.05, 0) is 42.0 Å². The maximum absolute atomic E-state index is 13.1. The van der Waals surface area contributed by atoms with E-state index in [2.05, 4.69) is 5.10 Å². The molecule has 2 aromatic carbocycles. The van der Waals surface area contributed by atoms with Crippen LogP contribution in [0.25, 0.3) is 22.4 Å². The molecule has 0 radical (unpaired) electrons. The van der Waals surface area contributed by atoms with E-state index in [0.29, 0.717) is 16.5 Å². The van der Waals surface area contributed by atoms with Gasteiger partial charge in [0.05, 0.1) is 5.56 Å². The van der Waals surface area contributed by atoms with Crippen LogP contribution in [0.15, 0.2) is 48.5 Å². The van der Waals surface area contributed by atoms with Crippen LogP contribution in [0.2, 0.25) is 5.02 Å². The molecule has 1 heterocycles. The zero-order valence-electron chi connectivity index (χ0n) is 11.3. The Hall–Kier alpha value is -2.33. The van der Waals surface area contributed by atoms with E-state index in [1.54, 1.807) is 29.9 Å². The number of rotatable bonds is 2. The van der Waals surface area contributed by atoms with Gasteiger partial charge in [-0.1, -0.05) is 23.7 Å². The van der Waals surface area contributed by atoms with Crippen molar-refractivity contribution in [2.24, 2.45) is 7.05 Å². The molecular weight excluding hydrogens is 289 g/mol. The summed E-state index contributed by atoms with van der Waals surface area (Å²) in [7, 11) is 1.77. The topological polar surface area (TPSA) is 43.8 Å². The number of nitrogen functional groups attached to an aromatic ring is 1. The zero-order chi connectivity index (χ0) is 15.0. The Morgan fingerprint density at radius 3 is 2.48 bits per heavy atom. The fourth-order valence-corrected chi connectivity index (χ4v) is 2.47. The molecule has 2 N–H and O–H groups in total. The molecule has 21 heavy (non-hydrogen) atoms. The molecule has 1 aromatic heterocycles. The lowest BCUT2D eigenvalue weighted by molar-refractivity contribution is 0.628. The Labute approximate surface area is 126 Å². The smallest absolute Gasteiger partial charge is 0.129 e. The Balaban J connectivity index is 2.23. The highest BCUT2D eigenvalue weighted by atomic mass is 35.5. The minimum Gasteiger partial charge on any atom is -0.383 e. The van der Waals surface area contributed by atoms with Crippen LogP contribution in [-0.4, -0.2) is 9.78 Å². The van der Waals surface area contributed by atoms with Crippen LogP contribution >= 0.6 is 11.6 Å². The van der Waals surface area contributed by atoms with Crippen molar-refractivity contribution < 1.29 is 4.39 Å². The van der Waals surface area contributed by atoms with E-state index in [9.17, 15) is 4.39 Å². The first-order valence-corrected chi connectivity index (χ1v) is 6.78. The van der Waals surface area contributed by atoms with E-state index in [1.807, 2.05) is 18.2 Å². The quantitative estimate of drug-likeness (QED) is 0.773. The molecule has 106 valence electrons. The van der Waals surface area contributed by atoms with E-state index in [0.717, 1.165) is 16.7 Å². The van der Waals surface area contributed by atoms with E-state index >= 15 is 0 Å². The zero-order valence-corrected chi connectivity index (χ0v) is 12.1. The fourth-order valence-electron chi connectivity index (χ4n) is 2.28. The third-order valence-corrected chi connectivity index (χ3v) is 3.56. The summed E-state index contributed by atoms with van der Waals surface area (Å²) < 4.78 is 14.7. The van der Waals surface area contributed by atoms with Gasteiger partial charge in [-0.25, -0.2) is 4.39 Å². The van der Waals surface area contributed by atoms with Gasteiger partial charge in [0.1, 0.15) is 17.3 Å². The normalized spacial score (nSPS) is 10.8. The lowest BCUT2D eigenvalue weighted by atomic mass is 10.0. The van der Waals surface area contributed by atoms with E-state index in [-0.39, 0.29) is 5.82 Å². The van der Waals surface area contributed by atoms with Crippen molar-refractivity contribution in [3.63, 3.8) is 0 Å². The number of nitrogens with zero attached hydrogens (tertiary/aromatic N) is 2. The monoisotopic (exact) mass is 301 g/mol. The average molecular weight is 302 g/mol. The van der Waals surface area contributed by atoms with E-state index in [4.69, 9.17) is 17.3 Å². The van der Waals surface area contributed by atoms with Crippen molar-refractivity contribution in [1.29, 1.82) is 0 Å². The molecule has 0 saturated heterocycles. The number of nitrogens with two attached hydrogens (primary N) is 1. The second-order valence-corrected chi connectivity index (χ2v) is 5.19. The molecule has 0 bridgehead atoms. The molecule has 3 aromatic rings. The highest BCUT2D eigenvalue weighted by molar-refractivity contribution is 6.30. The maximum atomic E-state index is 13.1. The number of halogens is 2. The predicted octanol–water partition coefficient (Wildman–Crippen LogP) is 4.13. The van der Waals surface area contributed by atoms with Gasteiger partial charge in [0.2, 0.25) is 0 Å². The second-order valence-electron chi connectivity index (χ2n) is 4.75. The van der Waals surface area contributed by atoms with Crippen LogP contribution in [-0.2, 0) is 7.05 Å². The largest absolute Gasteiger partial charge is 0.383 e. The molecule has 5 heteroatoms. The van der Waals surface area contributed by atoms with Gasteiger partial charge in [0.15, 0.2) is 0 Å². The number of benzene rings is 2. The molecule has 0 aliphatic heterocycles. The number of aryl methyl sites for hydroxylation is 1. The summed E-state index contributed by atoms with van der Waals surface area (Å²) in [5.41, 5.74) is 9.33. The van der Waals surface area contributed by atoms with E-state index < -0.39 is 0 Å². The van der Waals surface area contributed by atoms with Gasteiger partial charge in [0, 0.05) is 17.6 Å². The van der Waals surface area contributed by atoms with Gasteiger partial charge in [-0.15, -0.1) is 0 Å². The molecule has 0 aliphatic carbocycles. The van der Waals surface area contributed by atoms with Crippen LogP contribution in [0.1, 0.15) is 0 Å². The summed E-state index contributed by atoms with van der Waals surface area (Å²) in [5.74, 6) is 0.253. The molecule has 0 atom stereocenters. The number of hydrogen-bond acceptors (Lipinski definition) is 2. The molecule has 0 unspecified atom stereocenters. The van der Waals surface area contributed by atoms with E-state index in [1.165, 1.54) is 12.1 Å². The number of hydrogen-bond donors (Lipinski definition) is 1. The standard InChI is InChI=1S/C16H13ClFN3/c1-21-16(19)14(11-3-2-4-12(17)9-11)15(20-21)10-5-7-13(18)8-6-10/h2-9H,19H2,1H3. The first-order valence-electron chi connectivity index (χ1n) is 6.40. The summed E-state index contributed by atoms with van der Waals surface area (Å²) in [6.07, 6.45) is 0. The Morgan fingerprint density at radius 2 is 1.81 bits per heavy atom. The van der Waals surface area contributed by atoms with Crippen LogP contribution in [0.5, 0.6) is 0 Å². The van der Waals surface area contributed by atoms with Crippen molar-refractivity contribution in [2.45, 2.75) is 0 Å². The third kappa shape index (κ3) is 2.50. The summed E-state index contributed by atoms with van der Waals surface area (Å²) in [6.45, 7) is 0. The lowest BCUT2D eigenvalue weighted by Crippen LogP contribution is -1.97. The van der Waals surface area contributed by atoms with Gasteiger partial charge in [-0.2, -0.15) is 5.10 Å². The Morgan fingerprint density at radius 1 is 1.10 bits per heavy atom. The summed E-state index contributed by atoms with van der Waals surface area (Å²) in [4.78, 5) is 0. The summed E-state index contributed by atoms with van der Waals surface area (Å²) in [6, 6.07) is 13.6. The van der Waals surface area contributed by atoms with Crippen molar-refractivity contribution >= 4 is 17.4 Å². The molecule has 0 saturated carbocycles. The van der Waals surface area contributed by atoms with Crippen molar-refractivity contribution in [2.75, 3.05) is 5.73 Å². The van der Waals surface area contributed by atoms with Crippen LogP contribution < -0.4 is 5.73 Å². The van der Waals surface area contributed by atoms with Gasteiger partial charge >= 0.3 is 0 Å². The van der Waals surface area contributed by atoms with Crippen molar-refractivity contribution in [3.8, 4) is 22.4 Å². The van der Waals surface area contributed by atoms with Gasteiger partial charge in [0.25, 0.3) is 0 Å². The van der Waals surface area contributed by atoms with Crippen LogP contribution in [0.3, 0.4) is 0 Å². The summed E-state index contributed by atoms with van der Waals surface area (Å²) >= 11 is 6.06. The highest BCUT2D eigenvalue weighted by Gasteiger charge is 2.17. The van der Waals surface area contributed by atoms with Crippen molar-refractivity contribution in [3.05, 3.63) is 59.4 Å². The maximum Gasteiger partial charge on any atom is 0.129 e.